The minimum absolute atomic E-state index is 0.117. The minimum atomic E-state index is -0.570. The summed E-state index contributed by atoms with van der Waals surface area (Å²) in [6.07, 6.45) is 1.66. The summed E-state index contributed by atoms with van der Waals surface area (Å²) >= 11 is 0. The van der Waals surface area contributed by atoms with E-state index in [9.17, 15) is 10.1 Å². The molecule has 3 N–H and O–H groups in total. The molecule has 0 fully saturated rings. The molecule has 0 radical (unpaired) electrons. The fraction of sp³-hybridized carbons (Fsp3) is 0.182. The summed E-state index contributed by atoms with van der Waals surface area (Å²) in [4.78, 5) is 22.1. The van der Waals surface area contributed by atoms with E-state index >= 15 is 0 Å². The first-order valence-corrected chi connectivity index (χ1v) is 5.49. The molecule has 19 heavy (non-hydrogen) atoms. The van der Waals surface area contributed by atoms with Crippen LogP contribution in [0.4, 0.5) is 17.3 Å². The van der Waals surface area contributed by atoms with Gasteiger partial charge in [0, 0.05) is 12.3 Å². The van der Waals surface area contributed by atoms with Crippen molar-refractivity contribution < 1.29 is 4.92 Å². The van der Waals surface area contributed by atoms with Crippen LogP contribution in [0.5, 0.6) is 0 Å². The largest absolute Gasteiger partial charge is 0.378 e. The molecule has 0 unspecified atom stereocenters. The zero-order valence-corrected chi connectivity index (χ0v) is 10.2. The van der Waals surface area contributed by atoms with Crippen molar-refractivity contribution in [2.24, 2.45) is 0 Å². The lowest BCUT2D eigenvalue weighted by Gasteiger charge is -2.06. The van der Waals surface area contributed by atoms with Crippen LogP contribution in [0.3, 0.4) is 0 Å². The lowest BCUT2D eigenvalue weighted by Crippen LogP contribution is -2.06. The highest BCUT2D eigenvalue weighted by Crippen LogP contribution is 2.20. The molecule has 0 aliphatic rings. The van der Waals surface area contributed by atoms with E-state index in [1.54, 1.807) is 19.2 Å². The molecule has 8 heteroatoms. The van der Waals surface area contributed by atoms with E-state index in [-0.39, 0.29) is 11.5 Å². The van der Waals surface area contributed by atoms with Crippen molar-refractivity contribution in [2.45, 2.75) is 13.5 Å². The number of hydrogen-bond donors (Lipinski definition) is 2. The lowest BCUT2D eigenvalue weighted by atomic mass is 10.3. The normalized spacial score (nSPS) is 10.2. The molecule has 2 rings (SSSR count). The summed E-state index contributed by atoms with van der Waals surface area (Å²) in [5, 5.41) is 13.6. The van der Waals surface area contributed by atoms with Gasteiger partial charge in [0.05, 0.1) is 17.2 Å². The Morgan fingerprint density at radius 1 is 1.37 bits per heavy atom. The second kappa shape index (κ2) is 5.25. The van der Waals surface area contributed by atoms with E-state index in [2.05, 4.69) is 20.3 Å². The van der Waals surface area contributed by atoms with Gasteiger partial charge in [0.15, 0.2) is 0 Å². The molecule has 2 aromatic heterocycles. The maximum absolute atomic E-state index is 10.6. The number of anilines is 2. The van der Waals surface area contributed by atoms with Gasteiger partial charge in [-0.05, 0) is 19.1 Å². The van der Waals surface area contributed by atoms with Crippen LogP contribution in [-0.2, 0) is 6.54 Å². The summed E-state index contributed by atoms with van der Waals surface area (Å²) in [6.45, 7) is 2.24. The maximum atomic E-state index is 10.6. The molecule has 0 aliphatic heterocycles. The number of nitrogens with two attached hydrogens (primary N) is 1. The minimum Gasteiger partial charge on any atom is -0.378 e. The van der Waals surface area contributed by atoms with E-state index in [0.29, 0.717) is 18.2 Å². The molecular weight excluding hydrogens is 248 g/mol. The summed E-state index contributed by atoms with van der Waals surface area (Å²) in [5.41, 5.74) is 6.09. The van der Waals surface area contributed by atoms with Crippen LogP contribution < -0.4 is 11.1 Å². The van der Waals surface area contributed by atoms with Gasteiger partial charge in [-0.25, -0.2) is 15.0 Å². The predicted octanol–water partition coefficient (Wildman–Crippen LogP) is 1.28. The Balaban J connectivity index is 2.08. The molecule has 0 aromatic carbocycles. The highest BCUT2D eigenvalue weighted by molar-refractivity contribution is 5.57. The third-order valence-corrected chi connectivity index (χ3v) is 2.38. The topological polar surface area (TPSA) is 120 Å². The zero-order chi connectivity index (χ0) is 13.8. The Labute approximate surface area is 108 Å². The highest BCUT2D eigenvalue weighted by atomic mass is 16.6. The summed E-state index contributed by atoms with van der Waals surface area (Å²) in [6, 6.07) is 4.59. The van der Waals surface area contributed by atoms with Gasteiger partial charge in [-0.15, -0.1) is 0 Å². The standard InChI is InChI=1S/C11H12N6O2/c1-7-13-5-4-8(15-7)6-14-10-3-2-9(17(18)19)11(12)16-10/h2-5H,6H2,1H3,(H3,12,14,16). The van der Waals surface area contributed by atoms with Crippen molar-refractivity contribution in [1.29, 1.82) is 0 Å². The SMILES string of the molecule is Cc1nccc(CNc2ccc([N+](=O)[O-])c(N)n2)n1. The van der Waals surface area contributed by atoms with E-state index in [0.717, 1.165) is 5.69 Å². The fourth-order valence-corrected chi connectivity index (χ4v) is 1.51. The first-order chi connectivity index (χ1) is 9.06. The first kappa shape index (κ1) is 12.7. The number of pyridine rings is 1. The smallest absolute Gasteiger partial charge is 0.311 e. The van der Waals surface area contributed by atoms with E-state index in [1.807, 2.05) is 0 Å². The number of aryl methyl sites for hydroxylation is 1. The van der Waals surface area contributed by atoms with Gasteiger partial charge in [0.1, 0.15) is 11.6 Å². The van der Waals surface area contributed by atoms with Crippen LogP contribution in [0.15, 0.2) is 24.4 Å². The highest BCUT2D eigenvalue weighted by Gasteiger charge is 2.12. The first-order valence-electron chi connectivity index (χ1n) is 5.49. The Hall–Kier alpha value is -2.77. The number of nitrogens with one attached hydrogen (secondary N) is 1. The number of hydrogen-bond acceptors (Lipinski definition) is 7. The number of nitrogen functional groups attached to an aromatic ring is 1. The third kappa shape index (κ3) is 3.12. The molecule has 2 heterocycles. The third-order valence-electron chi connectivity index (χ3n) is 2.38. The van der Waals surface area contributed by atoms with E-state index in [1.165, 1.54) is 12.1 Å². The van der Waals surface area contributed by atoms with E-state index < -0.39 is 4.92 Å². The average molecular weight is 260 g/mol. The molecular formula is C11H12N6O2. The number of aromatic nitrogens is 3. The van der Waals surface area contributed by atoms with Gasteiger partial charge < -0.3 is 11.1 Å². The Morgan fingerprint density at radius 2 is 2.16 bits per heavy atom. The average Bonchev–Trinajstić information content (AvgIpc) is 2.36. The van der Waals surface area contributed by atoms with Crippen LogP contribution in [0.1, 0.15) is 11.5 Å². The monoisotopic (exact) mass is 260 g/mol. The second-order valence-corrected chi connectivity index (χ2v) is 3.81. The van der Waals surface area contributed by atoms with Gasteiger partial charge in [0.2, 0.25) is 5.82 Å². The fourth-order valence-electron chi connectivity index (χ4n) is 1.51. The Morgan fingerprint density at radius 3 is 2.79 bits per heavy atom. The van der Waals surface area contributed by atoms with Crippen molar-refractivity contribution in [3.63, 3.8) is 0 Å². The van der Waals surface area contributed by atoms with Crippen LogP contribution >= 0.6 is 0 Å². The van der Waals surface area contributed by atoms with Crippen LogP contribution in [0.2, 0.25) is 0 Å². The number of rotatable bonds is 4. The predicted molar refractivity (Wildman–Crippen MR) is 69.4 cm³/mol. The molecule has 0 saturated heterocycles. The summed E-state index contributed by atoms with van der Waals surface area (Å²) < 4.78 is 0. The van der Waals surface area contributed by atoms with Crippen LogP contribution in [0, 0.1) is 17.0 Å². The number of nitro groups is 1. The van der Waals surface area contributed by atoms with Crippen molar-refractivity contribution in [3.05, 3.63) is 46.0 Å². The Bertz CT molecular complexity index is 616. The van der Waals surface area contributed by atoms with Crippen molar-refractivity contribution in [3.8, 4) is 0 Å². The van der Waals surface area contributed by atoms with Gasteiger partial charge in [-0.3, -0.25) is 10.1 Å². The van der Waals surface area contributed by atoms with Gasteiger partial charge in [-0.2, -0.15) is 0 Å². The second-order valence-electron chi connectivity index (χ2n) is 3.81. The Kier molecular flexibility index (Phi) is 3.51. The van der Waals surface area contributed by atoms with Gasteiger partial charge >= 0.3 is 5.69 Å². The molecule has 0 saturated carbocycles. The van der Waals surface area contributed by atoms with E-state index in [4.69, 9.17) is 5.73 Å². The molecule has 0 atom stereocenters. The van der Waals surface area contributed by atoms with Crippen molar-refractivity contribution >= 4 is 17.3 Å². The number of nitrogens with zero attached hydrogens (tertiary/aromatic N) is 4. The molecule has 0 aliphatic carbocycles. The van der Waals surface area contributed by atoms with Crippen LogP contribution in [-0.4, -0.2) is 19.9 Å². The molecule has 98 valence electrons. The molecule has 8 nitrogen and oxygen atoms in total. The lowest BCUT2D eigenvalue weighted by molar-refractivity contribution is -0.384. The quantitative estimate of drug-likeness (QED) is 0.627. The molecule has 0 spiro atoms. The van der Waals surface area contributed by atoms with Gasteiger partial charge in [-0.1, -0.05) is 0 Å². The zero-order valence-electron chi connectivity index (χ0n) is 10.2. The van der Waals surface area contributed by atoms with Crippen molar-refractivity contribution in [1.82, 2.24) is 15.0 Å². The molecule has 0 bridgehead atoms. The summed E-state index contributed by atoms with van der Waals surface area (Å²) in [7, 11) is 0. The maximum Gasteiger partial charge on any atom is 0.311 e. The summed E-state index contributed by atoms with van der Waals surface area (Å²) in [5.74, 6) is 1.02. The molecule has 2 aromatic rings. The molecule has 0 amide bonds. The van der Waals surface area contributed by atoms with Gasteiger partial charge in [0.25, 0.3) is 0 Å². The van der Waals surface area contributed by atoms with Crippen molar-refractivity contribution in [2.75, 3.05) is 11.1 Å². The van der Waals surface area contributed by atoms with Crippen LogP contribution in [0.25, 0.3) is 0 Å².